The van der Waals surface area contributed by atoms with Gasteiger partial charge in [-0.3, -0.25) is 4.79 Å². The molecule has 0 aliphatic rings. The standard InChI is InChI=1S/C53H103NO4/c1-3-5-7-9-11-13-15-16-17-18-19-20-21-22-23-24-25-26-27-28-29-30-31-32-33-34-35-36-37-38-40-42-44-46-48-52(57)53(58)54-50(49-55)51(56)47-45-43-41-39-14-12-10-8-6-4-2/h21-22,24-25,50-52,55-57H,3-20,23,26-49H2,1-2H3,(H,54,58)/b22-21-,25-24-. The summed E-state index contributed by atoms with van der Waals surface area (Å²) in [7, 11) is 0. The predicted octanol–water partition coefficient (Wildman–Crippen LogP) is 15.7. The Morgan fingerprint density at radius 2 is 0.707 bits per heavy atom. The van der Waals surface area contributed by atoms with Gasteiger partial charge in [-0.2, -0.15) is 0 Å². The van der Waals surface area contributed by atoms with Crippen molar-refractivity contribution in [1.82, 2.24) is 5.32 Å². The van der Waals surface area contributed by atoms with Gasteiger partial charge in [-0.15, -0.1) is 0 Å². The summed E-state index contributed by atoms with van der Waals surface area (Å²) in [5.41, 5.74) is 0. The second kappa shape index (κ2) is 48.5. The van der Waals surface area contributed by atoms with E-state index in [1.54, 1.807) is 0 Å². The number of carbonyl (C=O) groups excluding carboxylic acids is 1. The highest BCUT2D eigenvalue weighted by molar-refractivity contribution is 5.80. The average molecular weight is 818 g/mol. The molecular weight excluding hydrogens is 715 g/mol. The first kappa shape index (κ1) is 56.8. The smallest absolute Gasteiger partial charge is 0.249 e. The highest BCUT2D eigenvalue weighted by Gasteiger charge is 2.23. The van der Waals surface area contributed by atoms with E-state index in [9.17, 15) is 20.1 Å². The van der Waals surface area contributed by atoms with Crippen LogP contribution in [0.15, 0.2) is 24.3 Å². The fraction of sp³-hybridized carbons (Fsp3) is 0.906. The maximum absolute atomic E-state index is 12.5. The van der Waals surface area contributed by atoms with E-state index in [2.05, 4.69) is 43.5 Å². The molecule has 58 heavy (non-hydrogen) atoms. The van der Waals surface area contributed by atoms with Crippen LogP contribution in [0.1, 0.15) is 284 Å². The Balaban J connectivity index is 3.46. The molecule has 3 unspecified atom stereocenters. The van der Waals surface area contributed by atoms with Gasteiger partial charge < -0.3 is 20.6 Å². The Morgan fingerprint density at radius 3 is 1.03 bits per heavy atom. The Labute approximate surface area is 362 Å². The van der Waals surface area contributed by atoms with Crippen molar-refractivity contribution >= 4 is 5.91 Å². The molecule has 0 saturated heterocycles. The van der Waals surface area contributed by atoms with E-state index in [0.717, 1.165) is 38.5 Å². The molecule has 3 atom stereocenters. The van der Waals surface area contributed by atoms with Gasteiger partial charge in [-0.25, -0.2) is 0 Å². The minimum Gasteiger partial charge on any atom is -0.394 e. The molecule has 0 aromatic rings. The van der Waals surface area contributed by atoms with Gasteiger partial charge in [0.2, 0.25) is 5.91 Å². The topological polar surface area (TPSA) is 89.8 Å². The Hall–Kier alpha value is -1.17. The lowest BCUT2D eigenvalue weighted by Crippen LogP contribution is -2.49. The molecular formula is C53H103NO4. The van der Waals surface area contributed by atoms with Crippen molar-refractivity contribution in [3.05, 3.63) is 24.3 Å². The van der Waals surface area contributed by atoms with E-state index in [1.807, 2.05) is 0 Å². The molecule has 0 spiro atoms. The molecule has 0 radical (unpaired) electrons. The maximum atomic E-state index is 12.5. The molecule has 5 nitrogen and oxygen atoms in total. The van der Waals surface area contributed by atoms with Crippen LogP contribution in [0, 0.1) is 0 Å². The summed E-state index contributed by atoms with van der Waals surface area (Å²) in [6.45, 7) is 4.23. The first-order valence-corrected chi connectivity index (χ1v) is 26.1. The van der Waals surface area contributed by atoms with Crippen molar-refractivity contribution in [2.45, 2.75) is 302 Å². The molecule has 4 N–H and O–H groups in total. The summed E-state index contributed by atoms with van der Waals surface area (Å²) in [6.07, 6.45) is 60.9. The van der Waals surface area contributed by atoms with Crippen molar-refractivity contribution in [3.63, 3.8) is 0 Å². The number of carbonyl (C=O) groups is 1. The molecule has 0 aliphatic carbocycles. The lowest BCUT2D eigenvalue weighted by Gasteiger charge is -2.23. The molecule has 344 valence electrons. The van der Waals surface area contributed by atoms with Crippen LogP contribution in [0.5, 0.6) is 0 Å². The summed E-state index contributed by atoms with van der Waals surface area (Å²) >= 11 is 0. The molecule has 0 aromatic carbocycles. The average Bonchev–Trinajstić information content (AvgIpc) is 3.23. The van der Waals surface area contributed by atoms with E-state index in [-0.39, 0.29) is 6.61 Å². The fourth-order valence-electron chi connectivity index (χ4n) is 8.22. The Morgan fingerprint density at radius 1 is 0.414 bits per heavy atom. The van der Waals surface area contributed by atoms with Crippen molar-refractivity contribution in [2.75, 3.05) is 6.61 Å². The zero-order valence-corrected chi connectivity index (χ0v) is 39.2. The van der Waals surface area contributed by atoms with Gasteiger partial charge in [-0.05, 0) is 44.9 Å². The maximum Gasteiger partial charge on any atom is 0.249 e. The largest absolute Gasteiger partial charge is 0.394 e. The number of nitrogens with one attached hydrogen (secondary N) is 1. The van der Waals surface area contributed by atoms with Crippen molar-refractivity contribution in [2.24, 2.45) is 0 Å². The molecule has 0 saturated carbocycles. The van der Waals surface area contributed by atoms with E-state index >= 15 is 0 Å². The van der Waals surface area contributed by atoms with Crippen LogP contribution >= 0.6 is 0 Å². The zero-order chi connectivity index (χ0) is 42.3. The van der Waals surface area contributed by atoms with Gasteiger partial charge in [0, 0.05) is 0 Å². The molecule has 0 aliphatic heterocycles. The molecule has 0 fully saturated rings. The van der Waals surface area contributed by atoms with Gasteiger partial charge in [0.1, 0.15) is 6.10 Å². The number of unbranched alkanes of at least 4 members (excludes halogenated alkanes) is 36. The van der Waals surface area contributed by atoms with Gasteiger partial charge in [0.25, 0.3) is 0 Å². The van der Waals surface area contributed by atoms with Crippen molar-refractivity contribution in [1.29, 1.82) is 0 Å². The van der Waals surface area contributed by atoms with Crippen LogP contribution in [-0.4, -0.2) is 46.1 Å². The zero-order valence-electron chi connectivity index (χ0n) is 39.2. The van der Waals surface area contributed by atoms with Crippen LogP contribution < -0.4 is 5.32 Å². The summed E-state index contributed by atoms with van der Waals surface area (Å²) in [4.78, 5) is 12.5. The highest BCUT2D eigenvalue weighted by Crippen LogP contribution is 2.17. The van der Waals surface area contributed by atoms with E-state index < -0.39 is 24.2 Å². The van der Waals surface area contributed by atoms with Gasteiger partial charge in [-0.1, -0.05) is 263 Å². The van der Waals surface area contributed by atoms with Crippen LogP contribution in [-0.2, 0) is 4.79 Å². The van der Waals surface area contributed by atoms with Crippen LogP contribution in [0.3, 0.4) is 0 Å². The lowest BCUT2D eigenvalue weighted by molar-refractivity contribution is -0.131. The highest BCUT2D eigenvalue weighted by atomic mass is 16.3. The first-order valence-electron chi connectivity index (χ1n) is 26.1. The second-order valence-corrected chi connectivity index (χ2v) is 18.1. The predicted molar refractivity (Wildman–Crippen MR) is 255 cm³/mol. The number of hydrogen-bond donors (Lipinski definition) is 4. The lowest BCUT2D eigenvalue weighted by atomic mass is 10.0. The van der Waals surface area contributed by atoms with Gasteiger partial charge in [0.15, 0.2) is 0 Å². The normalized spacial score (nSPS) is 13.5. The minimum absolute atomic E-state index is 0.311. The second-order valence-electron chi connectivity index (χ2n) is 18.1. The van der Waals surface area contributed by atoms with E-state index in [0.29, 0.717) is 12.8 Å². The summed E-state index contributed by atoms with van der Waals surface area (Å²) in [5.74, 6) is -0.469. The molecule has 1 amide bonds. The number of amides is 1. The number of aliphatic hydroxyl groups is 3. The Kier molecular flexibility index (Phi) is 47.5. The van der Waals surface area contributed by atoms with Crippen molar-refractivity contribution < 1.29 is 20.1 Å². The quantitative estimate of drug-likeness (QED) is 0.0364. The molecule has 0 rings (SSSR count). The molecule has 5 heteroatoms. The van der Waals surface area contributed by atoms with Crippen LogP contribution in [0.25, 0.3) is 0 Å². The van der Waals surface area contributed by atoms with Crippen LogP contribution in [0.2, 0.25) is 0 Å². The number of aliphatic hydroxyl groups excluding tert-OH is 3. The van der Waals surface area contributed by atoms with Gasteiger partial charge in [0.05, 0.1) is 18.8 Å². The van der Waals surface area contributed by atoms with Crippen LogP contribution in [0.4, 0.5) is 0 Å². The number of allylic oxidation sites excluding steroid dienone is 4. The van der Waals surface area contributed by atoms with Crippen molar-refractivity contribution in [3.8, 4) is 0 Å². The molecule has 0 heterocycles. The molecule has 0 bridgehead atoms. The monoisotopic (exact) mass is 818 g/mol. The summed E-state index contributed by atoms with van der Waals surface area (Å²) in [5, 5.41) is 33.3. The fourth-order valence-corrected chi connectivity index (χ4v) is 8.22. The first-order chi connectivity index (χ1) is 28.6. The third-order valence-electron chi connectivity index (χ3n) is 12.3. The minimum atomic E-state index is -1.07. The van der Waals surface area contributed by atoms with Gasteiger partial charge >= 0.3 is 0 Å². The molecule has 0 aromatic heterocycles. The Bertz CT molecular complexity index is 859. The van der Waals surface area contributed by atoms with E-state index in [4.69, 9.17) is 0 Å². The third kappa shape index (κ3) is 42.9. The summed E-state index contributed by atoms with van der Waals surface area (Å²) < 4.78 is 0. The summed E-state index contributed by atoms with van der Waals surface area (Å²) in [6, 6.07) is -0.708. The number of hydrogen-bond acceptors (Lipinski definition) is 4. The third-order valence-corrected chi connectivity index (χ3v) is 12.3. The van der Waals surface area contributed by atoms with E-state index in [1.165, 1.54) is 218 Å². The SMILES string of the molecule is CCCCCCCCCCCCC/C=C\C/C=C\CCCCCCCCCCCCCCCCCCC(O)C(=O)NC(CO)C(O)CCCCCCCCCCCC. The number of rotatable bonds is 48.